The molecular formula is C30H42O3. The van der Waals surface area contributed by atoms with E-state index in [1.165, 1.54) is 25.7 Å². The highest BCUT2D eigenvalue weighted by molar-refractivity contribution is 6.03. The fourth-order valence-corrected chi connectivity index (χ4v) is 4.16. The Morgan fingerprint density at radius 3 is 1.94 bits per heavy atom. The molecule has 0 saturated heterocycles. The Kier molecular flexibility index (Phi) is 11.9. The molecule has 2 aromatic rings. The van der Waals surface area contributed by atoms with Gasteiger partial charge in [-0.2, -0.15) is 0 Å². The monoisotopic (exact) mass is 450 g/mol. The Morgan fingerprint density at radius 1 is 0.727 bits per heavy atom. The quantitative estimate of drug-likeness (QED) is 0.118. The van der Waals surface area contributed by atoms with Gasteiger partial charge in [-0.15, -0.1) is 0 Å². The van der Waals surface area contributed by atoms with E-state index in [0.29, 0.717) is 11.3 Å². The first-order chi connectivity index (χ1) is 16.0. The van der Waals surface area contributed by atoms with E-state index >= 15 is 0 Å². The number of benzene rings is 2. The number of ether oxygens (including phenoxy) is 1. The summed E-state index contributed by atoms with van der Waals surface area (Å²) in [5.41, 5.74) is 2.26. The van der Waals surface area contributed by atoms with Gasteiger partial charge in [0.2, 0.25) is 0 Å². The first-order valence-electron chi connectivity index (χ1n) is 12.9. The third-order valence-electron chi connectivity index (χ3n) is 6.40. The number of carbonyl (C=O) groups is 2. The molecule has 2 rings (SSSR count). The molecule has 0 heterocycles. The zero-order valence-corrected chi connectivity index (χ0v) is 21.1. The second kappa shape index (κ2) is 14.7. The molecule has 33 heavy (non-hydrogen) atoms. The van der Waals surface area contributed by atoms with Gasteiger partial charge in [0, 0.05) is 11.5 Å². The summed E-state index contributed by atoms with van der Waals surface area (Å²) in [4.78, 5) is 26.4. The van der Waals surface area contributed by atoms with Crippen molar-refractivity contribution in [1.82, 2.24) is 0 Å². The lowest BCUT2D eigenvalue weighted by Gasteiger charge is -2.19. The maximum atomic E-state index is 13.4. The molecule has 0 aliphatic rings. The predicted molar refractivity (Wildman–Crippen MR) is 138 cm³/mol. The van der Waals surface area contributed by atoms with Gasteiger partial charge in [0.05, 0.1) is 11.5 Å². The highest BCUT2D eigenvalue weighted by atomic mass is 16.5. The average molecular weight is 451 g/mol. The number of esters is 1. The molecule has 2 aromatic carbocycles. The van der Waals surface area contributed by atoms with Crippen LogP contribution < -0.4 is 4.74 Å². The molecule has 0 amide bonds. The number of unbranched alkanes of at least 4 members (excludes halogenated alkanes) is 6. The van der Waals surface area contributed by atoms with Crippen LogP contribution >= 0.6 is 0 Å². The SMILES string of the molecule is CCCCCCC(C)C(=O)Oc1c(C(=O)C(C)CCCCCC)cccc1-c1ccccc1. The number of rotatable bonds is 15. The Hall–Kier alpha value is -2.42. The van der Waals surface area contributed by atoms with Crippen molar-refractivity contribution in [3.63, 3.8) is 0 Å². The molecule has 0 N–H and O–H groups in total. The molecule has 180 valence electrons. The fourth-order valence-electron chi connectivity index (χ4n) is 4.16. The summed E-state index contributed by atoms with van der Waals surface area (Å²) in [7, 11) is 0. The van der Waals surface area contributed by atoms with Gasteiger partial charge in [0.1, 0.15) is 5.75 Å². The number of ketones is 1. The Bertz CT molecular complexity index is 856. The summed E-state index contributed by atoms with van der Waals surface area (Å²) in [5.74, 6) is -0.0707. The molecule has 0 aliphatic heterocycles. The molecule has 0 radical (unpaired) electrons. The van der Waals surface area contributed by atoms with E-state index in [0.717, 1.165) is 49.7 Å². The normalized spacial score (nSPS) is 12.8. The van der Waals surface area contributed by atoms with Crippen LogP contribution in [0, 0.1) is 11.8 Å². The summed E-state index contributed by atoms with van der Waals surface area (Å²) in [6, 6.07) is 15.5. The summed E-state index contributed by atoms with van der Waals surface area (Å²) in [6.45, 7) is 8.29. The van der Waals surface area contributed by atoms with Gasteiger partial charge < -0.3 is 4.74 Å². The molecule has 2 unspecified atom stereocenters. The second-order valence-corrected chi connectivity index (χ2v) is 9.33. The van der Waals surface area contributed by atoms with Crippen molar-refractivity contribution in [3.8, 4) is 16.9 Å². The van der Waals surface area contributed by atoms with Crippen molar-refractivity contribution in [3.05, 3.63) is 54.1 Å². The summed E-state index contributed by atoms with van der Waals surface area (Å²) in [5, 5.41) is 0. The molecule has 0 spiro atoms. The lowest BCUT2D eigenvalue weighted by Crippen LogP contribution is -2.21. The van der Waals surface area contributed by atoms with E-state index in [1.807, 2.05) is 62.4 Å². The molecule has 0 fully saturated rings. The average Bonchev–Trinajstić information content (AvgIpc) is 2.84. The minimum Gasteiger partial charge on any atom is -0.425 e. The summed E-state index contributed by atoms with van der Waals surface area (Å²) >= 11 is 0. The van der Waals surface area contributed by atoms with Crippen LogP contribution in [0.3, 0.4) is 0 Å². The van der Waals surface area contributed by atoms with Crippen molar-refractivity contribution >= 4 is 11.8 Å². The number of carbonyl (C=O) groups excluding carboxylic acids is 2. The highest BCUT2D eigenvalue weighted by Crippen LogP contribution is 2.36. The van der Waals surface area contributed by atoms with Gasteiger partial charge >= 0.3 is 5.97 Å². The van der Waals surface area contributed by atoms with Crippen LogP contribution in [0.2, 0.25) is 0 Å². The van der Waals surface area contributed by atoms with Gasteiger partial charge in [0.25, 0.3) is 0 Å². The predicted octanol–water partition coefficient (Wildman–Crippen LogP) is 8.65. The molecule has 0 aromatic heterocycles. The van der Waals surface area contributed by atoms with Gasteiger partial charge in [-0.05, 0) is 24.5 Å². The summed E-state index contributed by atoms with van der Waals surface area (Å²) in [6.07, 6.45) is 10.7. The molecule has 0 aliphatic carbocycles. The zero-order valence-electron chi connectivity index (χ0n) is 21.1. The zero-order chi connectivity index (χ0) is 24.1. The van der Waals surface area contributed by atoms with E-state index in [4.69, 9.17) is 4.74 Å². The Labute approximate surface area is 200 Å². The van der Waals surface area contributed by atoms with Crippen LogP contribution in [-0.4, -0.2) is 11.8 Å². The van der Waals surface area contributed by atoms with Crippen molar-refractivity contribution in [1.29, 1.82) is 0 Å². The highest BCUT2D eigenvalue weighted by Gasteiger charge is 2.25. The summed E-state index contributed by atoms with van der Waals surface area (Å²) < 4.78 is 6.00. The van der Waals surface area contributed by atoms with E-state index < -0.39 is 0 Å². The van der Waals surface area contributed by atoms with E-state index in [1.54, 1.807) is 0 Å². The number of Topliss-reactive ketones (excluding diaryl/α,β-unsaturated/α-hetero) is 1. The minimum atomic E-state index is -0.250. The molecule has 3 heteroatoms. The van der Waals surface area contributed by atoms with E-state index in [9.17, 15) is 9.59 Å². The maximum Gasteiger partial charge on any atom is 0.314 e. The molecule has 0 bridgehead atoms. The topological polar surface area (TPSA) is 43.4 Å². The largest absolute Gasteiger partial charge is 0.425 e. The first kappa shape index (κ1) is 26.8. The van der Waals surface area contributed by atoms with Gasteiger partial charge in [0.15, 0.2) is 5.78 Å². The van der Waals surface area contributed by atoms with Crippen LogP contribution in [0.15, 0.2) is 48.5 Å². The van der Waals surface area contributed by atoms with E-state index in [2.05, 4.69) is 13.8 Å². The number of para-hydroxylation sites is 1. The third-order valence-corrected chi connectivity index (χ3v) is 6.40. The van der Waals surface area contributed by atoms with Crippen LogP contribution in [-0.2, 0) is 4.79 Å². The Morgan fingerprint density at radius 2 is 1.33 bits per heavy atom. The minimum absolute atomic E-state index is 0.0580. The lowest BCUT2D eigenvalue weighted by molar-refractivity contribution is -0.138. The van der Waals surface area contributed by atoms with Crippen molar-refractivity contribution in [2.75, 3.05) is 0 Å². The first-order valence-corrected chi connectivity index (χ1v) is 12.9. The van der Waals surface area contributed by atoms with Crippen LogP contribution in [0.5, 0.6) is 5.75 Å². The lowest BCUT2D eigenvalue weighted by atomic mass is 9.91. The third kappa shape index (κ3) is 8.46. The van der Waals surface area contributed by atoms with Crippen molar-refractivity contribution < 1.29 is 14.3 Å². The maximum absolute atomic E-state index is 13.4. The van der Waals surface area contributed by atoms with Crippen LogP contribution in [0.4, 0.5) is 0 Å². The van der Waals surface area contributed by atoms with Crippen molar-refractivity contribution in [2.24, 2.45) is 11.8 Å². The standard InChI is InChI=1S/C30H42O3/c1-5-7-9-12-17-23(3)28(31)27-22-16-21-26(25-19-14-11-15-20-25)29(27)33-30(32)24(4)18-13-10-8-6-2/h11,14-16,19-24H,5-10,12-13,17-18H2,1-4H3. The van der Waals surface area contributed by atoms with Crippen LogP contribution in [0.25, 0.3) is 11.1 Å². The van der Waals surface area contributed by atoms with E-state index in [-0.39, 0.29) is 23.6 Å². The fraction of sp³-hybridized carbons (Fsp3) is 0.533. The second-order valence-electron chi connectivity index (χ2n) is 9.33. The smallest absolute Gasteiger partial charge is 0.314 e. The van der Waals surface area contributed by atoms with Crippen LogP contribution in [0.1, 0.15) is 102 Å². The van der Waals surface area contributed by atoms with Gasteiger partial charge in [-0.3, -0.25) is 9.59 Å². The Balaban J connectivity index is 2.27. The van der Waals surface area contributed by atoms with Gasteiger partial charge in [-0.25, -0.2) is 0 Å². The molecule has 0 saturated carbocycles. The number of hydrogen-bond acceptors (Lipinski definition) is 3. The van der Waals surface area contributed by atoms with Gasteiger partial charge in [-0.1, -0.05) is 122 Å². The van der Waals surface area contributed by atoms with Crippen molar-refractivity contribution in [2.45, 2.75) is 91.9 Å². The molecular weight excluding hydrogens is 408 g/mol. The molecule has 2 atom stereocenters. The number of hydrogen-bond donors (Lipinski definition) is 0. The molecule has 3 nitrogen and oxygen atoms in total.